The number of anilines is 2. The summed E-state index contributed by atoms with van der Waals surface area (Å²) in [5, 5.41) is 3.62. The van der Waals surface area contributed by atoms with Crippen LogP contribution in [0.15, 0.2) is 70.6 Å². The van der Waals surface area contributed by atoms with Gasteiger partial charge in [0.25, 0.3) is 5.91 Å². The molecule has 0 aliphatic carbocycles. The Morgan fingerprint density at radius 1 is 0.944 bits per heavy atom. The van der Waals surface area contributed by atoms with Gasteiger partial charge in [-0.2, -0.15) is 0 Å². The molecule has 10 heteroatoms. The number of ether oxygens (including phenoxy) is 3. The molecule has 0 aliphatic heterocycles. The average Bonchev–Trinajstić information content (AvgIpc) is 2.87. The first kappa shape index (κ1) is 24.8. The van der Waals surface area contributed by atoms with Gasteiger partial charge in [-0.1, -0.05) is 6.07 Å². The van der Waals surface area contributed by atoms with Gasteiger partial charge in [0.15, 0.2) is 11.5 Å². The number of nitrogens with two attached hydrogens (primary N) is 1. The number of methoxy groups -OCH3 is 3. The zero-order valence-electron chi connectivity index (χ0n) is 20.2. The molecule has 4 rings (SSSR count). The largest absolute Gasteiger partial charge is 0.497 e. The molecule has 36 heavy (non-hydrogen) atoms. The zero-order valence-corrected chi connectivity index (χ0v) is 21.0. The molecule has 186 valence electrons. The third kappa shape index (κ3) is 4.50. The Hall–Kier alpha value is -4.31. The monoisotopic (exact) mass is 507 g/mol. The Balaban J connectivity index is 1.96. The van der Waals surface area contributed by atoms with E-state index in [4.69, 9.17) is 19.9 Å². The van der Waals surface area contributed by atoms with E-state index >= 15 is 0 Å². The van der Waals surface area contributed by atoms with Gasteiger partial charge in [0.05, 0.1) is 47.9 Å². The molecule has 1 heterocycles. The number of rotatable bonds is 8. The highest BCUT2D eigenvalue weighted by Crippen LogP contribution is 2.37. The first-order chi connectivity index (χ1) is 17.2. The fourth-order valence-electron chi connectivity index (χ4n) is 3.89. The number of aryl methyl sites for hydroxylation is 1. The summed E-state index contributed by atoms with van der Waals surface area (Å²) >= 11 is 0. The lowest BCUT2D eigenvalue weighted by Gasteiger charge is -2.17. The van der Waals surface area contributed by atoms with Gasteiger partial charge in [-0.3, -0.25) is 9.78 Å². The average molecular weight is 508 g/mol. The summed E-state index contributed by atoms with van der Waals surface area (Å²) in [7, 11) is 0.405. The maximum Gasteiger partial charge on any atom is 0.252 e. The first-order valence-electron chi connectivity index (χ1n) is 10.8. The Labute approximate surface area is 208 Å². The topological polar surface area (TPSA) is 130 Å². The summed E-state index contributed by atoms with van der Waals surface area (Å²) in [4.78, 5) is 16.6. The van der Waals surface area contributed by atoms with Crippen molar-refractivity contribution in [2.45, 2.75) is 16.7 Å². The van der Waals surface area contributed by atoms with Crippen LogP contribution in [0.2, 0.25) is 0 Å². The molecule has 0 unspecified atom stereocenters. The van der Waals surface area contributed by atoms with Crippen LogP contribution in [0.5, 0.6) is 17.2 Å². The number of hydrogen-bond donors (Lipinski definition) is 2. The Bertz CT molecular complexity index is 1580. The molecule has 0 spiro atoms. The van der Waals surface area contributed by atoms with E-state index in [1.165, 1.54) is 38.6 Å². The van der Waals surface area contributed by atoms with Crippen molar-refractivity contribution in [2.24, 2.45) is 5.73 Å². The van der Waals surface area contributed by atoms with Crippen molar-refractivity contribution in [3.05, 3.63) is 71.9 Å². The highest BCUT2D eigenvalue weighted by Gasteiger charge is 2.26. The molecule has 0 saturated carbocycles. The molecule has 1 amide bonds. The molecular formula is C26H25N3O6S. The molecule has 0 bridgehead atoms. The van der Waals surface area contributed by atoms with Crippen LogP contribution in [-0.2, 0) is 9.84 Å². The third-order valence-corrected chi connectivity index (χ3v) is 7.40. The number of carbonyl (C=O) groups is 1. The zero-order chi connectivity index (χ0) is 26.0. The number of primary amides is 1. The van der Waals surface area contributed by atoms with Gasteiger partial charge in [0, 0.05) is 29.4 Å². The van der Waals surface area contributed by atoms with Gasteiger partial charge >= 0.3 is 0 Å². The summed E-state index contributed by atoms with van der Waals surface area (Å²) in [6.45, 7) is 1.76. The van der Waals surface area contributed by atoms with Crippen molar-refractivity contribution in [3.8, 4) is 17.2 Å². The number of nitrogens with one attached hydrogen (secondary N) is 1. The Morgan fingerprint density at radius 2 is 1.69 bits per heavy atom. The van der Waals surface area contributed by atoms with Gasteiger partial charge in [0.1, 0.15) is 5.75 Å². The number of fused-ring (bicyclic) bond motifs is 1. The normalized spacial score (nSPS) is 11.2. The smallest absolute Gasteiger partial charge is 0.252 e. The molecule has 0 aliphatic rings. The van der Waals surface area contributed by atoms with Crippen molar-refractivity contribution in [3.63, 3.8) is 0 Å². The van der Waals surface area contributed by atoms with Crippen LogP contribution in [0.3, 0.4) is 0 Å². The lowest BCUT2D eigenvalue weighted by Crippen LogP contribution is -2.15. The van der Waals surface area contributed by atoms with Crippen LogP contribution < -0.4 is 25.3 Å². The minimum Gasteiger partial charge on any atom is -0.497 e. The molecular weight excluding hydrogens is 482 g/mol. The van der Waals surface area contributed by atoms with Gasteiger partial charge < -0.3 is 25.3 Å². The molecule has 0 fully saturated rings. The minimum absolute atomic E-state index is 0.00938. The van der Waals surface area contributed by atoms with Crippen LogP contribution in [0.25, 0.3) is 10.9 Å². The number of sulfone groups is 1. The maximum atomic E-state index is 13.8. The van der Waals surface area contributed by atoms with Crippen molar-refractivity contribution in [1.82, 2.24) is 4.98 Å². The predicted molar refractivity (Wildman–Crippen MR) is 136 cm³/mol. The number of aromatic nitrogens is 1. The highest BCUT2D eigenvalue weighted by molar-refractivity contribution is 7.91. The van der Waals surface area contributed by atoms with E-state index < -0.39 is 15.7 Å². The number of benzene rings is 3. The van der Waals surface area contributed by atoms with Crippen LogP contribution >= 0.6 is 0 Å². The second-order valence-corrected chi connectivity index (χ2v) is 9.87. The Morgan fingerprint density at radius 3 is 2.36 bits per heavy atom. The van der Waals surface area contributed by atoms with E-state index in [1.54, 1.807) is 50.4 Å². The summed E-state index contributed by atoms with van der Waals surface area (Å²) < 4.78 is 43.4. The number of amides is 1. The molecule has 9 nitrogen and oxygen atoms in total. The third-order valence-electron chi connectivity index (χ3n) is 5.64. The number of hydrogen-bond acceptors (Lipinski definition) is 8. The predicted octanol–water partition coefficient (Wildman–Crippen LogP) is 4.24. The summed E-state index contributed by atoms with van der Waals surface area (Å²) in [5.74, 6) is 0.576. The summed E-state index contributed by atoms with van der Waals surface area (Å²) in [6.07, 6.45) is 1.27. The lowest BCUT2D eigenvalue weighted by atomic mass is 10.1. The van der Waals surface area contributed by atoms with Crippen molar-refractivity contribution >= 4 is 38.0 Å². The molecule has 3 aromatic carbocycles. The van der Waals surface area contributed by atoms with Crippen molar-refractivity contribution < 1.29 is 27.4 Å². The van der Waals surface area contributed by atoms with E-state index in [0.29, 0.717) is 33.8 Å². The second-order valence-electron chi connectivity index (χ2n) is 7.95. The number of nitrogens with zero attached hydrogens (tertiary/aromatic N) is 1. The van der Waals surface area contributed by atoms with Gasteiger partial charge in [-0.15, -0.1) is 0 Å². The summed E-state index contributed by atoms with van der Waals surface area (Å²) in [5.41, 5.74) is 7.55. The van der Waals surface area contributed by atoms with Gasteiger partial charge in [-0.25, -0.2) is 8.42 Å². The van der Waals surface area contributed by atoms with Crippen molar-refractivity contribution in [1.29, 1.82) is 0 Å². The molecule has 0 saturated heterocycles. The quantitative estimate of drug-likeness (QED) is 0.362. The number of carbonyl (C=O) groups excluding carboxylic acids is 1. The number of pyridine rings is 1. The molecule has 1 aromatic heterocycles. The van der Waals surface area contributed by atoms with E-state index in [-0.39, 0.29) is 26.6 Å². The van der Waals surface area contributed by atoms with E-state index in [2.05, 4.69) is 10.3 Å². The maximum absolute atomic E-state index is 13.8. The fourth-order valence-corrected chi connectivity index (χ4v) is 5.41. The molecule has 3 N–H and O–H groups in total. The Kier molecular flexibility index (Phi) is 6.71. The molecule has 0 atom stereocenters. The standard InChI is InChI=1S/C26H25N3O6S/c1-15-10-19-24(29-16-6-5-7-17(12-16)33-2)20(26(27)30)14-28-25(19)23(11-15)36(31,32)18-8-9-21(34-3)22(13-18)35-4/h5-14H,1-4H3,(H2,27,30)(H,28,29). The molecule has 0 radical (unpaired) electrons. The SMILES string of the molecule is COc1cccc(Nc2c(C(N)=O)cnc3c(S(=O)(=O)c4ccc(OC)c(OC)c4)cc(C)cc23)c1. The van der Waals surface area contributed by atoms with Crippen LogP contribution in [-0.4, -0.2) is 40.6 Å². The lowest BCUT2D eigenvalue weighted by molar-refractivity contribution is 0.100. The highest BCUT2D eigenvalue weighted by atomic mass is 32.2. The van der Waals surface area contributed by atoms with Gasteiger partial charge in [-0.05, 0) is 48.9 Å². The van der Waals surface area contributed by atoms with Crippen LogP contribution in [0.4, 0.5) is 11.4 Å². The van der Waals surface area contributed by atoms with Crippen LogP contribution in [0, 0.1) is 6.92 Å². The minimum atomic E-state index is -4.04. The first-order valence-corrected chi connectivity index (χ1v) is 12.3. The fraction of sp³-hybridized carbons (Fsp3) is 0.154. The van der Waals surface area contributed by atoms with Crippen LogP contribution in [0.1, 0.15) is 15.9 Å². The van der Waals surface area contributed by atoms with Gasteiger partial charge in [0.2, 0.25) is 9.84 Å². The van der Waals surface area contributed by atoms with E-state index in [0.717, 1.165) is 0 Å². The van der Waals surface area contributed by atoms with Crippen molar-refractivity contribution in [2.75, 3.05) is 26.6 Å². The second kappa shape index (κ2) is 9.74. The van der Waals surface area contributed by atoms with E-state index in [9.17, 15) is 13.2 Å². The summed E-state index contributed by atoms with van der Waals surface area (Å²) in [6, 6.07) is 14.8. The molecule has 4 aromatic rings. The van der Waals surface area contributed by atoms with E-state index in [1.807, 2.05) is 0 Å².